The van der Waals surface area contributed by atoms with Crippen LogP contribution in [0.25, 0.3) is 0 Å². The Morgan fingerprint density at radius 3 is 1.25 bits per heavy atom. The van der Waals surface area contributed by atoms with E-state index < -0.39 is 0 Å². The molecule has 238 valence electrons. The largest absolute Gasteiger partial charge is 0.465 e. The van der Waals surface area contributed by atoms with Crippen LogP contribution >= 0.6 is 0 Å². The quantitative estimate of drug-likeness (QED) is 0.0641. The van der Waals surface area contributed by atoms with Gasteiger partial charge in [0.15, 0.2) is 0 Å². The van der Waals surface area contributed by atoms with E-state index in [1.807, 2.05) is 0 Å². The van der Waals surface area contributed by atoms with Crippen LogP contribution < -0.4 is 0 Å². The lowest BCUT2D eigenvalue weighted by Crippen LogP contribution is -2.16. The normalized spacial score (nSPS) is 13.6. The van der Waals surface area contributed by atoms with Crippen molar-refractivity contribution < 1.29 is 19.1 Å². The number of ether oxygens (including phenoxy) is 2. The van der Waals surface area contributed by atoms with E-state index in [0.29, 0.717) is 43.8 Å². The lowest BCUT2D eigenvalue weighted by Gasteiger charge is -2.17. The molecule has 0 radical (unpaired) electrons. The minimum Gasteiger partial charge on any atom is -0.465 e. The molecule has 4 nitrogen and oxygen atoms in total. The van der Waals surface area contributed by atoms with Crippen LogP contribution in [0.15, 0.2) is 0 Å². The van der Waals surface area contributed by atoms with Crippen molar-refractivity contribution in [2.75, 3.05) is 13.2 Å². The predicted octanol–water partition coefficient (Wildman–Crippen LogP) is 11.4. The van der Waals surface area contributed by atoms with Crippen LogP contribution in [-0.2, 0) is 19.1 Å². The second kappa shape index (κ2) is 29.4. The van der Waals surface area contributed by atoms with Gasteiger partial charge in [0.05, 0.1) is 13.2 Å². The minimum absolute atomic E-state index is 0.000865. The molecule has 0 spiro atoms. The highest BCUT2D eigenvalue weighted by atomic mass is 16.5. The average Bonchev–Trinajstić information content (AvgIpc) is 2.96. The van der Waals surface area contributed by atoms with Crippen molar-refractivity contribution in [2.45, 2.75) is 189 Å². The Balaban J connectivity index is 3.57. The molecule has 0 aliphatic rings. The summed E-state index contributed by atoms with van der Waals surface area (Å²) in [7, 11) is 0. The first kappa shape index (κ1) is 38.9. The van der Waals surface area contributed by atoms with Gasteiger partial charge < -0.3 is 9.47 Å². The summed E-state index contributed by atoms with van der Waals surface area (Å²) in [6.07, 6.45) is 28.1. The molecule has 0 aromatic carbocycles. The van der Waals surface area contributed by atoms with Crippen LogP contribution in [0.2, 0.25) is 0 Å². The van der Waals surface area contributed by atoms with E-state index >= 15 is 0 Å². The fourth-order valence-electron chi connectivity index (χ4n) is 5.51. The summed E-state index contributed by atoms with van der Waals surface area (Å²) >= 11 is 0. The van der Waals surface area contributed by atoms with Gasteiger partial charge in [-0.05, 0) is 43.4 Å². The standard InChI is InChI=1S/C36H70O4/c1-6-11-25-33(9-4)30-39-35(37)28-24-22-20-18-16-14-13-15-17-19-21-23-27-32(8-3)29-36(38)40-31-34(10-5)26-12-7-2/h32-34H,6-31H2,1-5H3. The van der Waals surface area contributed by atoms with Gasteiger partial charge in [0.25, 0.3) is 0 Å². The number of unbranched alkanes of at least 4 members (excludes halogenated alkanes) is 13. The number of hydrogen-bond donors (Lipinski definition) is 0. The number of rotatable bonds is 30. The van der Waals surface area contributed by atoms with Crippen LogP contribution in [0, 0.1) is 17.8 Å². The van der Waals surface area contributed by atoms with E-state index in [-0.39, 0.29) is 11.9 Å². The van der Waals surface area contributed by atoms with Crippen LogP contribution in [0.1, 0.15) is 189 Å². The van der Waals surface area contributed by atoms with Gasteiger partial charge in [0, 0.05) is 12.8 Å². The van der Waals surface area contributed by atoms with Gasteiger partial charge in [-0.2, -0.15) is 0 Å². The van der Waals surface area contributed by atoms with Gasteiger partial charge in [0.1, 0.15) is 0 Å². The molecular formula is C36H70O4. The number of carbonyl (C=O) groups excluding carboxylic acids is 2. The summed E-state index contributed by atoms with van der Waals surface area (Å²) < 4.78 is 11.1. The maximum Gasteiger partial charge on any atom is 0.306 e. The summed E-state index contributed by atoms with van der Waals surface area (Å²) in [5.41, 5.74) is 0. The fraction of sp³-hybridized carbons (Fsp3) is 0.944. The molecule has 0 aromatic heterocycles. The van der Waals surface area contributed by atoms with Gasteiger partial charge in [-0.1, -0.05) is 150 Å². The third-order valence-electron chi connectivity index (χ3n) is 8.82. The Hall–Kier alpha value is -1.06. The molecule has 0 aliphatic carbocycles. The van der Waals surface area contributed by atoms with Gasteiger partial charge in [0.2, 0.25) is 0 Å². The highest BCUT2D eigenvalue weighted by molar-refractivity contribution is 5.69. The third kappa shape index (κ3) is 24.7. The summed E-state index contributed by atoms with van der Waals surface area (Å²) in [4.78, 5) is 24.3. The highest BCUT2D eigenvalue weighted by Gasteiger charge is 2.15. The Morgan fingerprint density at radius 2 is 0.825 bits per heavy atom. The van der Waals surface area contributed by atoms with Crippen LogP contribution in [0.5, 0.6) is 0 Å². The van der Waals surface area contributed by atoms with E-state index in [1.165, 1.54) is 103 Å². The van der Waals surface area contributed by atoms with E-state index in [1.54, 1.807) is 0 Å². The lowest BCUT2D eigenvalue weighted by molar-refractivity contribution is -0.146. The number of esters is 2. The van der Waals surface area contributed by atoms with Crippen molar-refractivity contribution in [1.82, 2.24) is 0 Å². The van der Waals surface area contributed by atoms with Crippen LogP contribution in [0.3, 0.4) is 0 Å². The predicted molar refractivity (Wildman–Crippen MR) is 172 cm³/mol. The molecule has 40 heavy (non-hydrogen) atoms. The Morgan fingerprint density at radius 1 is 0.450 bits per heavy atom. The fourth-order valence-corrected chi connectivity index (χ4v) is 5.51. The summed E-state index contributed by atoms with van der Waals surface area (Å²) in [5, 5.41) is 0. The average molecular weight is 567 g/mol. The summed E-state index contributed by atoms with van der Waals surface area (Å²) in [6.45, 7) is 12.3. The second-order valence-electron chi connectivity index (χ2n) is 12.5. The topological polar surface area (TPSA) is 52.6 Å². The highest BCUT2D eigenvalue weighted by Crippen LogP contribution is 2.21. The molecular weight excluding hydrogens is 496 g/mol. The first-order valence-corrected chi connectivity index (χ1v) is 17.8. The van der Waals surface area contributed by atoms with Crippen LogP contribution in [-0.4, -0.2) is 25.2 Å². The summed E-state index contributed by atoms with van der Waals surface area (Å²) in [5.74, 6) is 1.57. The molecule has 0 aromatic rings. The molecule has 4 heteroatoms. The van der Waals surface area contributed by atoms with Crippen molar-refractivity contribution >= 4 is 11.9 Å². The van der Waals surface area contributed by atoms with Crippen molar-refractivity contribution in [2.24, 2.45) is 17.8 Å². The van der Waals surface area contributed by atoms with Gasteiger partial charge in [-0.3, -0.25) is 9.59 Å². The zero-order chi connectivity index (χ0) is 29.7. The zero-order valence-corrected chi connectivity index (χ0v) is 27.7. The molecule has 0 aliphatic heterocycles. The molecule has 0 saturated carbocycles. The molecule has 3 unspecified atom stereocenters. The molecule has 0 fully saturated rings. The number of carbonyl (C=O) groups is 2. The molecule has 0 amide bonds. The molecule has 0 saturated heterocycles. The Kier molecular flexibility index (Phi) is 28.7. The zero-order valence-electron chi connectivity index (χ0n) is 27.7. The Bertz CT molecular complexity index is 561. The molecule has 0 bridgehead atoms. The minimum atomic E-state index is 0.000865. The smallest absolute Gasteiger partial charge is 0.306 e. The summed E-state index contributed by atoms with van der Waals surface area (Å²) in [6, 6.07) is 0. The molecule has 0 rings (SSSR count). The molecule has 3 atom stereocenters. The monoisotopic (exact) mass is 567 g/mol. The SMILES string of the molecule is CCCCC(CC)COC(=O)CCCCCCCCCCCCCCC(CC)CC(=O)OCC(CC)CCCC. The van der Waals surface area contributed by atoms with Gasteiger partial charge in [-0.25, -0.2) is 0 Å². The lowest BCUT2D eigenvalue weighted by atomic mass is 9.94. The van der Waals surface area contributed by atoms with Gasteiger partial charge in [-0.15, -0.1) is 0 Å². The second-order valence-corrected chi connectivity index (χ2v) is 12.5. The Labute approximate surface area is 250 Å². The van der Waals surface area contributed by atoms with Crippen molar-refractivity contribution in [3.8, 4) is 0 Å². The first-order chi connectivity index (χ1) is 19.5. The van der Waals surface area contributed by atoms with E-state index in [4.69, 9.17) is 9.47 Å². The first-order valence-electron chi connectivity index (χ1n) is 17.8. The number of hydrogen-bond acceptors (Lipinski definition) is 4. The maximum absolute atomic E-state index is 12.3. The van der Waals surface area contributed by atoms with E-state index in [2.05, 4.69) is 34.6 Å². The molecule has 0 heterocycles. The van der Waals surface area contributed by atoms with E-state index in [9.17, 15) is 9.59 Å². The van der Waals surface area contributed by atoms with Crippen LogP contribution in [0.4, 0.5) is 0 Å². The van der Waals surface area contributed by atoms with Gasteiger partial charge >= 0.3 is 11.9 Å². The van der Waals surface area contributed by atoms with E-state index in [0.717, 1.165) is 38.5 Å². The van der Waals surface area contributed by atoms with Crippen molar-refractivity contribution in [3.05, 3.63) is 0 Å². The van der Waals surface area contributed by atoms with Crippen molar-refractivity contribution in [1.29, 1.82) is 0 Å². The third-order valence-corrected chi connectivity index (χ3v) is 8.82. The van der Waals surface area contributed by atoms with Crippen molar-refractivity contribution in [3.63, 3.8) is 0 Å². The molecule has 0 N–H and O–H groups in total. The maximum atomic E-state index is 12.3.